The molecule has 1 N–H and O–H groups in total. The molecule has 2 unspecified atom stereocenters. The fourth-order valence-corrected chi connectivity index (χ4v) is 1.74. The van der Waals surface area contributed by atoms with Crippen LogP contribution >= 0.6 is 0 Å². The van der Waals surface area contributed by atoms with Crippen LogP contribution in [0.3, 0.4) is 0 Å². The molecule has 0 bridgehead atoms. The summed E-state index contributed by atoms with van der Waals surface area (Å²) in [6.45, 7) is 8.20. The van der Waals surface area contributed by atoms with Crippen LogP contribution in [-0.2, 0) is 4.79 Å². The second kappa shape index (κ2) is 6.43. The molecule has 1 aromatic carbocycles. The summed E-state index contributed by atoms with van der Waals surface area (Å²) in [6.07, 6.45) is 1.15. The molecule has 0 spiro atoms. The zero-order valence-electron chi connectivity index (χ0n) is 12.0. The zero-order valence-corrected chi connectivity index (χ0v) is 12.0. The first kappa shape index (κ1) is 14.6. The fraction of sp³-hybridized carbons (Fsp3) is 0.533. The topological polar surface area (TPSA) is 32.3 Å². The van der Waals surface area contributed by atoms with Gasteiger partial charge in [0.2, 0.25) is 5.91 Å². The number of nitrogens with zero attached hydrogens (tertiary/aromatic N) is 1. The van der Waals surface area contributed by atoms with Crippen molar-refractivity contribution in [2.45, 2.75) is 40.2 Å². The number of hydrogen-bond donors (Lipinski definition) is 1. The smallest absolute Gasteiger partial charge is 0.223 e. The van der Waals surface area contributed by atoms with Gasteiger partial charge in [-0.05, 0) is 31.0 Å². The van der Waals surface area contributed by atoms with Gasteiger partial charge in [0, 0.05) is 31.4 Å². The molecule has 0 saturated heterocycles. The standard InChI is InChI=1S/C15H24N2O/c1-6-11(2)12(3)16-14-8-7-9-15(10-14)17(5)13(4)18/h7-12,16H,6H2,1-5H3. The Balaban J connectivity index is 2.79. The van der Waals surface area contributed by atoms with Crippen LogP contribution in [0.15, 0.2) is 24.3 Å². The third kappa shape index (κ3) is 3.76. The van der Waals surface area contributed by atoms with E-state index in [1.165, 1.54) is 0 Å². The van der Waals surface area contributed by atoms with E-state index in [0.29, 0.717) is 12.0 Å². The highest BCUT2D eigenvalue weighted by Gasteiger charge is 2.11. The van der Waals surface area contributed by atoms with Crippen molar-refractivity contribution < 1.29 is 4.79 Å². The molecule has 100 valence electrons. The third-order valence-electron chi connectivity index (χ3n) is 3.60. The summed E-state index contributed by atoms with van der Waals surface area (Å²) < 4.78 is 0. The van der Waals surface area contributed by atoms with Gasteiger partial charge in [0.15, 0.2) is 0 Å². The monoisotopic (exact) mass is 248 g/mol. The van der Waals surface area contributed by atoms with E-state index in [1.54, 1.807) is 18.9 Å². The summed E-state index contributed by atoms with van der Waals surface area (Å²) in [5.74, 6) is 0.668. The van der Waals surface area contributed by atoms with Crippen molar-refractivity contribution in [3.8, 4) is 0 Å². The van der Waals surface area contributed by atoms with Crippen LogP contribution in [0, 0.1) is 5.92 Å². The van der Waals surface area contributed by atoms with Gasteiger partial charge in [-0.1, -0.05) is 26.3 Å². The molecule has 0 aliphatic rings. The highest BCUT2D eigenvalue weighted by molar-refractivity contribution is 5.91. The Labute approximate surface area is 110 Å². The summed E-state index contributed by atoms with van der Waals surface area (Å²) in [6, 6.07) is 8.39. The molecule has 1 aromatic rings. The summed E-state index contributed by atoms with van der Waals surface area (Å²) >= 11 is 0. The van der Waals surface area contributed by atoms with E-state index in [-0.39, 0.29) is 5.91 Å². The number of rotatable bonds is 5. The molecule has 3 heteroatoms. The number of hydrogen-bond acceptors (Lipinski definition) is 2. The van der Waals surface area contributed by atoms with Crippen molar-refractivity contribution >= 4 is 17.3 Å². The second-order valence-corrected chi connectivity index (χ2v) is 4.95. The summed E-state index contributed by atoms with van der Waals surface area (Å²) in [7, 11) is 1.79. The van der Waals surface area contributed by atoms with Crippen LogP contribution in [0.1, 0.15) is 34.1 Å². The van der Waals surface area contributed by atoms with Gasteiger partial charge in [0.25, 0.3) is 0 Å². The Morgan fingerprint density at radius 1 is 1.39 bits per heavy atom. The van der Waals surface area contributed by atoms with E-state index in [4.69, 9.17) is 0 Å². The largest absolute Gasteiger partial charge is 0.382 e. The van der Waals surface area contributed by atoms with Crippen LogP contribution in [0.25, 0.3) is 0 Å². The quantitative estimate of drug-likeness (QED) is 0.864. The maximum atomic E-state index is 11.3. The minimum Gasteiger partial charge on any atom is -0.382 e. The third-order valence-corrected chi connectivity index (χ3v) is 3.60. The number of anilines is 2. The Morgan fingerprint density at radius 2 is 2.06 bits per heavy atom. The van der Waals surface area contributed by atoms with E-state index in [2.05, 4.69) is 26.1 Å². The maximum absolute atomic E-state index is 11.3. The van der Waals surface area contributed by atoms with Crippen LogP contribution in [0.2, 0.25) is 0 Å². The molecule has 0 fully saturated rings. The van der Waals surface area contributed by atoms with Crippen LogP contribution in [-0.4, -0.2) is 19.0 Å². The minimum atomic E-state index is 0.0436. The molecule has 3 nitrogen and oxygen atoms in total. The molecule has 1 rings (SSSR count). The minimum absolute atomic E-state index is 0.0436. The number of carbonyl (C=O) groups excluding carboxylic acids is 1. The van der Waals surface area contributed by atoms with Gasteiger partial charge >= 0.3 is 0 Å². The van der Waals surface area contributed by atoms with Gasteiger partial charge in [-0.3, -0.25) is 4.79 Å². The van der Waals surface area contributed by atoms with E-state index in [1.807, 2.05) is 24.3 Å². The number of carbonyl (C=O) groups is 1. The summed E-state index contributed by atoms with van der Waals surface area (Å²) in [4.78, 5) is 13.0. The van der Waals surface area contributed by atoms with Crippen molar-refractivity contribution in [1.29, 1.82) is 0 Å². The molecule has 2 atom stereocenters. The molecular formula is C15H24N2O. The molecule has 0 radical (unpaired) electrons. The van der Waals surface area contributed by atoms with Crippen LogP contribution in [0.4, 0.5) is 11.4 Å². The Morgan fingerprint density at radius 3 is 2.61 bits per heavy atom. The van der Waals surface area contributed by atoms with E-state index in [0.717, 1.165) is 17.8 Å². The van der Waals surface area contributed by atoms with Gasteiger partial charge in [0.05, 0.1) is 0 Å². The predicted molar refractivity (Wildman–Crippen MR) is 78.1 cm³/mol. The predicted octanol–water partition coefficient (Wildman–Crippen LogP) is 3.52. The number of nitrogens with one attached hydrogen (secondary N) is 1. The normalized spacial score (nSPS) is 13.8. The molecule has 0 saturated carbocycles. The van der Waals surface area contributed by atoms with Crippen LogP contribution < -0.4 is 10.2 Å². The highest BCUT2D eigenvalue weighted by Crippen LogP contribution is 2.21. The lowest BCUT2D eigenvalue weighted by Gasteiger charge is -2.22. The molecule has 0 aliphatic heterocycles. The molecule has 18 heavy (non-hydrogen) atoms. The summed E-state index contributed by atoms with van der Waals surface area (Å²) in [5, 5.41) is 3.49. The first-order chi connectivity index (χ1) is 8.45. The van der Waals surface area contributed by atoms with Crippen molar-refractivity contribution in [3.63, 3.8) is 0 Å². The van der Waals surface area contributed by atoms with Gasteiger partial charge in [-0.2, -0.15) is 0 Å². The average molecular weight is 248 g/mol. The first-order valence-corrected chi connectivity index (χ1v) is 6.56. The second-order valence-electron chi connectivity index (χ2n) is 4.95. The Hall–Kier alpha value is -1.51. The van der Waals surface area contributed by atoms with E-state index in [9.17, 15) is 4.79 Å². The van der Waals surface area contributed by atoms with E-state index >= 15 is 0 Å². The van der Waals surface area contributed by atoms with Gasteiger partial charge in [-0.15, -0.1) is 0 Å². The van der Waals surface area contributed by atoms with E-state index < -0.39 is 0 Å². The lowest BCUT2D eigenvalue weighted by Crippen LogP contribution is -2.24. The summed E-state index contributed by atoms with van der Waals surface area (Å²) in [5.41, 5.74) is 1.98. The Kier molecular flexibility index (Phi) is 5.20. The van der Waals surface area contributed by atoms with Gasteiger partial charge in [-0.25, -0.2) is 0 Å². The molecule has 0 heterocycles. The first-order valence-electron chi connectivity index (χ1n) is 6.56. The van der Waals surface area contributed by atoms with Crippen molar-refractivity contribution in [2.24, 2.45) is 5.92 Å². The SMILES string of the molecule is CCC(C)C(C)Nc1cccc(N(C)C(C)=O)c1. The molecular weight excluding hydrogens is 224 g/mol. The number of benzene rings is 1. The maximum Gasteiger partial charge on any atom is 0.223 e. The number of amides is 1. The van der Waals surface area contributed by atoms with Gasteiger partial charge in [0.1, 0.15) is 0 Å². The molecule has 0 aromatic heterocycles. The van der Waals surface area contributed by atoms with Gasteiger partial charge < -0.3 is 10.2 Å². The molecule has 1 amide bonds. The fourth-order valence-electron chi connectivity index (χ4n) is 1.74. The lowest BCUT2D eigenvalue weighted by molar-refractivity contribution is -0.116. The highest BCUT2D eigenvalue weighted by atomic mass is 16.2. The lowest BCUT2D eigenvalue weighted by atomic mass is 10.0. The van der Waals surface area contributed by atoms with Crippen molar-refractivity contribution in [3.05, 3.63) is 24.3 Å². The van der Waals surface area contributed by atoms with Crippen molar-refractivity contribution in [1.82, 2.24) is 0 Å². The Bertz CT molecular complexity index is 403. The zero-order chi connectivity index (χ0) is 13.7. The van der Waals surface area contributed by atoms with Crippen LogP contribution in [0.5, 0.6) is 0 Å². The average Bonchev–Trinajstić information content (AvgIpc) is 2.36. The van der Waals surface area contributed by atoms with Crippen molar-refractivity contribution in [2.75, 3.05) is 17.3 Å². The molecule has 0 aliphatic carbocycles.